The molecule has 1 rings (SSSR count). The average molecular weight is 345 g/mol. The van der Waals surface area contributed by atoms with Crippen molar-refractivity contribution >= 4 is 17.3 Å². The molecule has 0 saturated carbocycles. The topological polar surface area (TPSA) is 74.5 Å². The zero-order valence-corrected chi connectivity index (χ0v) is 16.6. The summed E-state index contributed by atoms with van der Waals surface area (Å²) in [5, 5.41) is 15.7. The molecule has 0 aromatic heterocycles. The van der Waals surface area contributed by atoms with E-state index < -0.39 is 0 Å². The Balaban J connectivity index is 0.00000277. The summed E-state index contributed by atoms with van der Waals surface area (Å²) in [7, 11) is 0. The van der Waals surface area contributed by atoms with Gasteiger partial charge in [-0.15, -0.1) is 0 Å². The average Bonchev–Trinajstić information content (AvgIpc) is 2.55. The lowest BCUT2D eigenvalue weighted by atomic mass is 9.83. The lowest BCUT2D eigenvalue weighted by molar-refractivity contribution is -0.120. The van der Waals surface area contributed by atoms with Gasteiger partial charge in [0.15, 0.2) is 6.61 Å². The molecule has 0 radical (unpaired) electrons. The normalized spacial score (nSPS) is 11.0. The maximum atomic E-state index is 11.9. The van der Waals surface area contributed by atoms with Gasteiger partial charge in [0.2, 0.25) is 0 Å². The Labute approximate surface area is 152 Å². The summed E-state index contributed by atoms with van der Waals surface area (Å²) in [5.41, 5.74) is 3.34. The van der Waals surface area contributed by atoms with Gasteiger partial charge in [-0.05, 0) is 43.5 Å². The zero-order chi connectivity index (χ0) is 19.5. The van der Waals surface area contributed by atoms with Gasteiger partial charge in [0.25, 0.3) is 5.91 Å². The van der Waals surface area contributed by atoms with E-state index in [0.717, 1.165) is 23.2 Å². The van der Waals surface area contributed by atoms with Gasteiger partial charge in [-0.1, -0.05) is 45.8 Å². The molecule has 0 heterocycles. The summed E-state index contributed by atoms with van der Waals surface area (Å²) in [5.74, 6) is -0.274. The third-order valence-electron chi connectivity index (χ3n) is 3.79. The predicted molar refractivity (Wildman–Crippen MR) is 104 cm³/mol. The van der Waals surface area contributed by atoms with Crippen LogP contribution in [0.2, 0.25) is 0 Å². The molecule has 138 valence electrons. The highest BCUT2D eigenvalue weighted by molar-refractivity contribution is 5.92. The van der Waals surface area contributed by atoms with E-state index in [9.17, 15) is 4.79 Å². The van der Waals surface area contributed by atoms with Gasteiger partial charge in [-0.2, -0.15) is 5.26 Å². The first-order chi connectivity index (χ1) is 11.8. The number of hydrogen-bond acceptors (Lipinski definition) is 4. The van der Waals surface area contributed by atoms with Crippen molar-refractivity contribution in [1.82, 2.24) is 0 Å². The van der Waals surface area contributed by atoms with E-state index >= 15 is 0 Å². The number of oxime groups is 1. The minimum Gasteiger partial charge on any atom is -0.386 e. The molecule has 0 aliphatic rings. The molecular formula is C20H31N3O2. The Kier molecular flexibility index (Phi) is 10.2. The second-order valence-electron chi connectivity index (χ2n) is 6.31. The minimum absolute atomic E-state index is 0.179. The fraction of sp³-hybridized carbons (Fsp3) is 0.550. The van der Waals surface area contributed by atoms with Crippen LogP contribution in [0.15, 0.2) is 23.4 Å². The number of nitrogens with zero attached hydrogens (tertiary/aromatic N) is 2. The molecule has 0 saturated heterocycles. The largest absolute Gasteiger partial charge is 0.386 e. The molecule has 0 atom stereocenters. The summed E-state index contributed by atoms with van der Waals surface area (Å²) in [4.78, 5) is 17.1. The smallest absolute Gasteiger partial charge is 0.265 e. The van der Waals surface area contributed by atoms with Crippen molar-refractivity contribution in [2.75, 3.05) is 11.9 Å². The molecule has 5 nitrogen and oxygen atoms in total. The van der Waals surface area contributed by atoms with Gasteiger partial charge in [0, 0.05) is 11.1 Å². The lowest BCUT2D eigenvalue weighted by Gasteiger charge is -2.22. The Hall–Kier alpha value is -2.35. The second-order valence-corrected chi connectivity index (χ2v) is 6.31. The predicted octanol–water partition coefficient (Wildman–Crippen LogP) is 4.99. The molecule has 1 aromatic rings. The number of hydrogen-bond donors (Lipinski definition) is 1. The minimum atomic E-state index is -0.274. The summed E-state index contributed by atoms with van der Waals surface area (Å²) in [6.45, 7) is 13.8. The van der Waals surface area contributed by atoms with Gasteiger partial charge in [-0.25, -0.2) is 0 Å². The second kappa shape index (κ2) is 11.2. The molecule has 0 unspecified atom stereocenters. The van der Waals surface area contributed by atoms with Crippen LogP contribution in [0.3, 0.4) is 0 Å². The lowest BCUT2D eigenvalue weighted by Crippen LogP contribution is -2.24. The van der Waals surface area contributed by atoms with Crippen molar-refractivity contribution in [3.8, 4) is 6.07 Å². The Morgan fingerprint density at radius 3 is 2.28 bits per heavy atom. The molecular weight excluding hydrogens is 314 g/mol. The third-order valence-corrected chi connectivity index (χ3v) is 3.79. The fourth-order valence-corrected chi connectivity index (χ4v) is 2.09. The molecule has 5 heteroatoms. The molecule has 0 bridgehead atoms. The Bertz CT molecular complexity index is 608. The van der Waals surface area contributed by atoms with Crippen LogP contribution in [0.25, 0.3) is 0 Å². The van der Waals surface area contributed by atoms with Crippen LogP contribution in [0.5, 0.6) is 0 Å². The van der Waals surface area contributed by atoms with Crippen molar-refractivity contribution in [3.63, 3.8) is 0 Å². The zero-order valence-electron chi connectivity index (χ0n) is 16.6. The molecule has 1 amide bonds. The molecule has 0 aliphatic heterocycles. The van der Waals surface area contributed by atoms with Crippen LogP contribution in [-0.4, -0.2) is 18.2 Å². The first kappa shape index (κ1) is 22.7. The molecule has 25 heavy (non-hydrogen) atoms. The first-order valence-corrected chi connectivity index (χ1v) is 8.73. The maximum Gasteiger partial charge on any atom is 0.265 e. The van der Waals surface area contributed by atoms with E-state index in [1.807, 2.05) is 66.7 Å². The van der Waals surface area contributed by atoms with Gasteiger partial charge in [0.1, 0.15) is 0 Å². The van der Waals surface area contributed by atoms with Crippen LogP contribution in [0.4, 0.5) is 5.69 Å². The van der Waals surface area contributed by atoms with E-state index in [-0.39, 0.29) is 24.3 Å². The molecule has 1 aromatic carbocycles. The summed E-state index contributed by atoms with van der Waals surface area (Å²) in [6, 6.07) is 7.92. The summed E-state index contributed by atoms with van der Waals surface area (Å²) >= 11 is 0. The van der Waals surface area contributed by atoms with E-state index in [2.05, 4.69) is 16.5 Å². The van der Waals surface area contributed by atoms with Crippen LogP contribution in [-0.2, 0) is 9.63 Å². The fourth-order valence-electron chi connectivity index (χ4n) is 2.09. The summed E-state index contributed by atoms with van der Waals surface area (Å²) in [6.07, 6.45) is 1.03. The van der Waals surface area contributed by atoms with Gasteiger partial charge in [-0.3, -0.25) is 4.79 Å². The number of carbonyl (C=O) groups excluding carboxylic acids is 1. The van der Waals surface area contributed by atoms with E-state index in [1.165, 1.54) is 0 Å². The maximum absolute atomic E-state index is 11.9. The molecule has 1 N–H and O–H groups in total. The number of anilines is 1. The van der Waals surface area contributed by atoms with Gasteiger partial charge >= 0.3 is 0 Å². The highest BCUT2D eigenvalue weighted by Gasteiger charge is 2.23. The van der Waals surface area contributed by atoms with Crippen molar-refractivity contribution in [1.29, 1.82) is 5.26 Å². The molecule has 0 aliphatic carbocycles. The highest BCUT2D eigenvalue weighted by atomic mass is 16.6. The third kappa shape index (κ3) is 8.35. The van der Waals surface area contributed by atoms with E-state index in [4.69, 9.17) is 10.1 Å². The Morgan fingerprint density at radius 2 is 1.80 bits per heavy atom. The Morgan fingerprint density at radius 1 is 1.24 bits per heavy atom. The molecule has 0 spiro atoms. The first-order valence-electron chi connectivity index (χ1n) is 8.73. The molecule has 0 fully saturated rings. The van der Waals surface area contributed by atoms with Gasteiger partial charge < -0.3 is 10.2 Å². The monoisotopic (exact) mass is 345 g/mol. The number of nitrogens with one attached hydrogen (secondary N) is 1. The number of benzene rings is 1. The number of rotatable bonds is 7. The SMILES string of the molecule is CC.CCC(C)(C)/C(CC#N)=N/OCC(=O)Nc1cc(C)cc(C)c1. The standard InChI is InChI=1S/C18H25N3O2.C2H6/c1-6-18(4,5)16(7-8-19)21-23-12-17(22)20-15-10-13(2)9-14(3)11-15;1-2/h9-11H,6-7,12H2,1-5H3,(H,20,22);1-2H3/b21-16+;. The quantitative estimate of drug-likeness (QED) is 0.559. The number of carbonyl (C=O) groups is 1. The number of amides is 1. The van der Waals surface area contributed by atoms with Crippen molar-refractivity contribution < 1.29 is 9.63 Å². The number of nitriles is 1. The van der Waals surface area contributed by atoms with Crippen LogP contribution >= 0.6 is 0 Å². The summed E-state index contributed by atoms with van der Waals surface area (Å²) < 4.78 is 0. The van der Waals surface area contributed by atoms with Gasteiger partial charge in [0.05, 0.1) is 18.2 Å². The number of aryl methyl sites for hydroxylation is 2. The van der Waals surface area contributed by atoms with Crippen molar-refractivity contribution in [2.24, 2.45) is 10.6 Å². The van der Waals surface area contributed by atoms with E-state index in [1.54, 1.807) is 0 Å². The van der Waals surface area contributed by atoms with Crippen LogP contribution < -0.4 is 5.32 Å². The van der Waals surface area contributed by atoms with Crippen molar-refractivity contribution in [3.05, 3.63) is 29.3 Å². The van der Waals surface area contributed by atoms with Crippen LogP contribution in [0, 0.1) is 30.6 Å². The van der Waals surface area contributed by atoms with E-state index in [0.29, 0.717) is 5.71 Å². The van der Waals surface area contributed by atoms with Crippen molar-refractivity contribution in [2.45, 2.75) is 61.3 Å². The highest BCUT2D eigenvalue weighted by Crippen LogP contribution is 2.24. The van der Waals surface area contributed by atoms with Crippen LogP contribution in [0.1, 0.15) is 58.6 Å².